The van der Waals surface area contributed by atoms with Crippen LogP contribution in [0.1, 0.15) is 46.4 Å². The second-order valence-electron chi connectivity index (χ2n) is 7.33. The molecule has 0 fully saturated rings. The van der Waals surface area contributed by atoms with Crippen LogP contribution in [0.2, 0.25) is 0 Å². The van der Waals surface area contributed by atoms with Gasteiger partial charge in [-0.1, -0.05) is 42.1 Å². The summed E-state index contributed by atoms with van der Waals surface area (Å²) in [6.07, 6.45) is -0.354. The highest BCUT2D eigenvalue weighted by molar-refractivity contribution is 7.99. The van der Waals surface area contributed by atoms with Crippen LogP contribution in [0.25, 0.3) is 11.4 Å². The number of ether oxygens (including phenoxy) is 1. The van der Waals surface area contributed by atoms with Crippen LogP contribution >= 0.6 is 23.1 Å². The van der Waals surface area contributed by atoms with E-state index in [-0.39, 0.29) is 33.2 Å². The highest BCUT2D eigenvalue weighted by atomic mass is 32.2. The number of benzene rings is 1. The van der Waals surface area contributed by atoms with E-state index in [0.29, 0.717) is 17.3 Å². The third kappa shape index (κ3) is 5.60. The molecule has 3 aromatic rings. The fourth-order valence-electron chi connectivity index (χ4n) is 3.13. The van der Waals surface area contributed by atoms with Crippen molar-refractivity contribution in [3.05, 3.63) is 46.3 Å². The number of carbonyl (C=O) groups excluding carboxylic acids is 3. The number of anilines is 1. The molecule has 0 saturated carbocycles. The zero-order chi connectivity index (χ0) is 24.1. The minimum absolute atomic E-state index is 0.0362. The Labute approximate surface area is 199 Å². The second-order valence-corrected chi connectivity index (χ2v) is 9.30. The molecule has 0 atom stereocenters. The average Bonchev–Trinajstić information content (AvgIpc) is 3.32. The Morgan fingerprint density at radius 2 is 1.91 bits per heavy atom. The Hall–Kier alpha value is -3.18. The van der Waals surface area contributed by atoms with Crippen LogP contribution < -0.4 is 11.1 Å². The van der Waals surface area contributed by atoms with Crippen molar-refractivity contribution < 1.29 is 19.1 Å². The SMILES string of the molecule is CCn1c(SCC(=O)Nc2sc(C(N)=O)c(C)c2C(=O)OC(C)C)nnc1-c1ccccc1. The lowest BCUT2D eigenvalue weighted by Gasteiger charge is -2.10. The number of primary amides is 1. The summed E-state index contributed by atoms with van der Waals surface area (Å²) in [6, 6.07) is 9.68. The molecule has 33 heavy (non-hydrogen) atoms. The maximum Gasteiger partial charge on any atom is 0.341 e. The monoisotopic (exact) mass is 487 g/mol. The third-order valence-electron chi connectivity index (χ3n) is 4.57. The molecule has 0 aliphatic rings. The van der Waals surface area contributed by atoms with Gasteiger partial charge in [0.15, 0.2) is 11.0 Å². The van der Waals surface area contributed by atoms with E-state index in [0.717, 1.165) is 22.7 Å². The number of nitrogens with one attached hydrogen (secondary N) is 1. The first-order valence-corrected chi connectivity index (χ1v) is 12.1. The number of hydrogen-bond acceptors (Lipinski definition) is 8. The molecule has 3 N–H and O–H groups in total. The van der Waals surface area contributed by atoms with Crippen LogP contribution in [0.3, 0.4) is 0 Å². The summed E-state index contributed by atoms with van der Waals surface area (Å²) < 4.78 is 7.20. The Morgan fingerprint density at radius 1 is 1.21 bits per heavy atom. The normalized spacial score (nSPS) is 10.9. The van der Waals surface area contributed by atoms with Crippen LogP contribution in [-0.4, -0.2) is 44.4 Å². The van der Waals surface area contributed by atoms with E-state index in [1.165, 1.54) is 11.8 Å². The summed E-state index contributed by atoms with van der Waals surface area (Å²) in [4.78, 5) is 37.2. The van der Waals surface area contributed by atoms with Crippen molar-refractivity contribution in [2.75, 3.05) is 11.1 Å². The van der Waals surface area contributed by atoms with Crippen LogP contribution in [0, 0.1) is 6.92 Å². The predicted molar refractivity (Wildman–Crippen MR) is 129 cm³/mol. The van der Waals surface area contributed by atoms with Crippen molar-refractivity contribution in [3.63, 3.8) is 0 Å². The van der Waals surface area contributed by atoms with E-state index >= 15 is 0 Å². The molecule has 0 aliphatic carbocycles. The molecule has 1 aromatic carbocycles. The van der Waals surface area contributed by atoms with Gasteiger partial charge in [-0.25, -0.2) is 4.79 Å². The third-order valence-corrected chi connectivity index (χ3v) is 6.76. The van der Waals surface area contributed by atoms with E-state index in [1.807, 2.05) is 41.8 Å². The van der Waals surface area contributed by atoms with Gasteiger partial charge in [0, 0.05) is 12.1 Å². The number of rotatable bonds is 9. The highest BCUT2D eigenvalue weighted by Crippen LogP contribution is 2.34. The lowest BCUT2D eigenvalue weighted by atomic mass is 10.1. The largest absolute Gasteiger partial charge is 0.459 e. The number of esters is 1. The summed E-state index contributed by atoms with van der Waals surface area (Å²) in [7, 11) is 0. The van der Waals surface area contributed by atoms with Crippen molar-refractivity contribution in [2.45, 2.75) is 45.5 Å². The first kappa shape index (κ1) is 24.5. The Balaban J connectivity index is 1.77. The second kappa shape index (κ2) is 10.6. The smallest absolute Gasteiger partial charge is 0.341 e. The number of thioether (sulfide) groups is 1. The highest BCUT2D eigenvalue weighted by Gasteiger charge is 2.26. The van der Waals surface area contributed by atoms with Crippen LogP contribution in [0.15, 0.2) is 35.5 Å². The number of carbonyl (C=O) groups is 3. The first-order valence-electron chi connectivity index (χ1n) is 10.3. The Kier molecular flexibility index (Phi) is 7.88. The van der Waals surface area contributed by atoms with Gasteiger partial charge >= 0.3 is 5.97 Å². The maximum absolute atomic E-state index is 12.7. The molecule has 2 aromatic heterocycles. The van der Waals surface area contributed by atoms with Crippen LogP contribution in [-0.2, 0) is 16.1 Å². The van der Waals surface area contributed by atoms with Crippen molar-refractivity contribution >= 4 is 45.9 Å². The number of nitrogens with zero attached hydrogens (tertiary/aromatic N) is 3. The van der Waals surface area contributed by atoms with Crippen LogP contribution in [0.4, 0.5) is 5.00 Å². The van der Waals surface area contributed by atoms with Gasteiger partial charge in [0.05, 0.1) is 22.3 Å². The first-order chi connectivity index (χ1) is 15.7. The van der Waals surface area contributed by atoms with Crippen molar-refractivity contribution in [2.24, 2.45) is 5.73 Å². The number of nitrogens with two attached hydrogens (primary N) is 1. The summed E-state index contributed by atoms with van der Waals surface area (Å²) in [5.74, 6) is -0.889. The molecule has 174 valence electrons. The van der Waals surface area contributed by atoms with Crippen LogP contribution in [0.5, 0.6) is 0 Å². The molecule has 3 rings (SSSR count). The molecule has 0 radical (unpaired) electrons. The standard InChI is InChI=1S/C22H25N5O4S2/c1-5-27-19(14-9-7-6-8-10-14)25-26-22(27)32-11-15(28)24-20-16(21(30)31-12(2)3)13(4)17(33-20)18(23)29/h6-10,12H,5,11H2,1-4H3,(H2,23,29)(H,24,28). The Morgan fingerprint density at radius 3 is 2.52 bits per heavy atom. The molecule has 11 heteroatoms. The van der Waals surface area contributed by atoms with E-state index in [2.05, 4.69) is 15.5 Å². The van der Waals surface area contributed by atoms with Crippen molar-refractivity contribution in [1.29, 1.82) is 0 Å². The zero-order valence-corrected chi connectivity index (χ0v) is 20.4. The maximum atomic E-state index is 12.7. The number of aromatic nitrogens is 3. The number of hydrogen-bond donors (Lipinski definition) is 2. The zero-order valence-electron chi connectivity index (χ0n) is 18.7. The summed E-state index contributed by atoms with van der Waals surface area (Å²) in [6.45, 7) is 7.66. The van der Waals surface area contributed by atoms with Gasteiger partial charge in [-0.15, -0.1) is 21.5 Å². The molecule has 0 unspecified atom stereocenters. The average molecular weight is 488 g/mol. The fraction of sp³-hybridized carbons (Fsp3) is 0.318. The molecular formula is C22H25N5O4S2. The van der Waals surface area contributed by atoms with E-state index < -0.39 is 11.9 Å². The lowest BCUT2D eigenvalue weighted by Crippen LogP contribution is -2.18. The van der Waals surface area contributed by atoms with E-state index in [9.17, 15) is 14.4 Å². The lowest BCUT2D eigenvalue weighted by molar-refractivity contribution is -0.113. The number of thiophene rings is 1. The quantitative estimate of drug-likeness (QED) is 0.347. The number of amides is 2. The fourth-order valence-corrected chi connectivity index (χ4v) is 5.00. The van der Waals surface area contributed by atoms with E-state index in [1.54, 1.807) is 20.8 Å². The molecule has 0 spiro atoms. The van der Waals surface area contributed by atoms with Gasteiger partial charge in [0.2, 0.25) is 5.91 Å². The van der Waals surface area contributed by atoms with Gasteiger partial charge < -0.3 is 20.4 Å². The topological polar surface area (TPSA) is 129 Å². The molecule has 9 nitrogen and oxygen atoms in total. The summed E-state index contributed by atoms with van der Waals surface area (Å²) in [5.41, 5.74) is 6.90. The van der Waals surface area contributed by atoms with Crippen molar-refractivity contribution in [1.82, 2.24) is 14.8 Å². The van der Waals surface area contributed by atoms with Gasteiger partial charge in [-0.2, -0.15) is 0 Å². The molecule has 0 aliphatic heterocycles. The minimum atomic E-state index is -0.671. The molecular weight excluding hydrogens is 462 g/mol. The summed E-state index contributed by atoms with van der Waals surface area (Å²) >= 11 is 2.19. The molecule has 0 saturated heterocycles. The Bertz CT molecular complexity index is 1170. The van der Waals surface area contributed by atoms with Gasteiger partial charge in [0.25, 0.3) is 5.91 Å². The van der Waals surface area contributed by atoms with Gasteiger partial charge in [-0.05, 0) is 33.3 Å². The minimum Gasteiger partial charge on any atom is -0.459 e. The van der Waals surface area contributed by atoms with E-state index in [4.69, 9.17) is 10.5 Å². The van der Waals surface area contributed by atoms with Gasteiger partial charge in [0.1, 0.15) is 5.00 Å². The van der Waals surface area contributed by atoms with Crippen molar-refractivity contribution in [3.8, 4) is 11.4 Å². The molecule has 0 bridgehead atoms. The molecule has 2 heterocycles. The van der Waals surface area contributed by atoms with Gasteiger partial charge in [-0.3, -0.25) is 9.59 Å². The summed E-state index contributed by atoms with van der Waals surface area (Å²) in [5, 5.41) is 12.1. The molecule has 2 amide bonds. The predicted octanol–water partition coefficient (Wildman–Crippen LogP) is 3.73.